The zero-order chi connectivity index (χ0) is 21.8. The van der Waals surface area contributed by atoms with E-state index in [2.05, 4.69) is 20.2 Å². The first-order valence-corrected chi connectivity index (χ1v) is 11.6. The first-order valence-electron chi connectivity index (χ1n) is 9.30. The smallest absolute Gasteiger partial charge is 0.261 e. The topological polar surface area (TPSA) is 101 Å². The SMILES string of the molecule is Cc1ccc(S(=O)(=O)Nc2ccc(C(=O)Nc3nnc(-c4ccccc4)s3)cc2)cc1. The minimum absolute atomic E-state index is 0.172. The van der Waals surface area contributed by atoms with Crippen LogP contribution in [0.15, 0.2) is 83.8 Å². The molecule has 4 rings (SSSR count). The van der Waals surface area contributed by atoms with Crippen molar-refractivity contribution in [3.8, 4) is 10.6 Å². The molecule has 0 spiro atoms. The van der Waals surface area contributed by atoms with Crippen molar-refractivity contribution in [2.45, 2.75) is 11.8 Å². The Hall–Kier alpha value is -3.56. The number of anilines is 2. The van der Waals surface area contributed by atoms with E-state index in [1.807, 2.05) is 37.3 Å². The average Bonchev–Trinajstić information content (AvgIpc) is 3.23. The van der Waals surface area contributed by atoms with E-state index < -0.39 is 10.0 Å². The van der Waals surface area contributed by atoms with Gasteiger partial charge >= 0.3 is 0 Å². The number of aromatic nitrogens is 2. The summed E-state index contributed by atoms with van der Waals surface area (Å²) in [6.07, 6.45) is 0. The molecule has 1 heterocycles. The fourth-order valence-corrected chi connectivity index (χ4v) is 4.56. The molecule has 0 unspecified atom stereocenters. The molecule has 0 aliphatic rings. The second-order valence-electron chi connectivity index (χ2n) is 6.73. The van der Waals surface area contributed by atoms with E-state index in [9.17, 15) is 13.2 Å². The Kier molecular flexibility index (Phi) is 5.79. The number of hydrogen-bond acceptors (Lipinski definition) is 6. The molecule has 31 heavy (non-hydrogen) atoms. The maximum Gasteiger partial charge on any atom is 0.261 e. The molecule has 2 N–H and O–H groups in total. The summed E-state index contributed by atoms with van der Waals surface area (Å²) in [6, 6.07) is 22.3. The number of sulfonamides is 1. The number of carbonyl (C=O) groups excluding carboxylic acids is 1. The van der Waals surface area contributed by atoms with Gasteiger partial charge < -0.3 is 0 Å². The van der Waals surface area contributed by atoms with Crippen LogP contribution in [0.1, 0.15) is 15.9 Å². The van der Waals surface area contributed by atoms with Crippen LogP contribution in [0.2, 0.25) is 0 Å². The highest BCUT2D eigenvalue weighted by atomic mass is 32.2. The van der Waals surface area contributed by atoms with Gasteiger partial charge in [0.05, 0.1) is 4.90 Å². The van der Waals surface area contributed by atoms with Crippen LogP contribution in [0, 0.1) is 6.92 Å². The highest BCUT2D eigenvalue weighted by Gasteiger charge is 2.15. The second kappa shape index (κ2) is 8.66. The molecule has 1 aromatic heterocycles. The minimum Gasteiger partial charge on any atom is -0.296 e. The van der Waals surface area contributed by atoms with Crippen LogP contribution in [0.3, 0.4) is 0 Å². The highest BCUT2D eigenvalue weighted by Crippen LogP contribution is 2.26. The summed E-state index contributed by atoms with van der Waals surface area (Å²) in [5, 5.41) is 11.9. The number of aryl methyl sites for hydroxylation is 1. The molecule has 3 aromatic carbocycles. The first-order chi connectivity index (χ1) is 14.9. The predicted molar refractivity (Wildman–Crippen MR) is 122 cm³/mol. The number of hydrogen-bond donors (Lipinski definition) is 2. The molecule has 0 radical (unpaired) electrons. The number of nitrogens with one attached hydrogen (secondary N) is 2. The van der Waals surface area contributed by atoms with E-state index in [-0.39, 0.29) is 10.8 Å². The Labute approximate surface area is 183 Å². The van der Waals surface area contributed by atoms with E-state index in [1.54, 1.807) is 36.4 Å². The van der Waals surface area contributed by atoms with Crippen LogP contribution >= 0.6 is 11.3 Å². The van der Waals surface area contributed by atoms with Gasteiger partial charge in [-0.05, 0) is 43.3 Å². The largest absolute Gasteiger partial charge is 0.296 e. The molecule has 156 valence electrons. The lowest BCUT2D eigenvalue weighted by Gasteiger charge is -2.09. The summed E-state index contributed by atoms with van der Waals surface area (Å²) in [4.78, 5) is 12.7. The summed E-state index contributed by atoms with van der Waals surface area (Å²) < 4.78 is 27.5. The molecule has 0 saturated carbocycles. The van der Waals surface area contributed by atoms with Crippen molar-refractivity contribution in [2.24, 2.45) is 0 Å². The van der Waals surface area contributed by atoms with Crippen LogP contribution < -0.4 is 10.0 Å². The number of benzene rings is 3. The highest BCUT2D eigenvalue weighted by molar-refractivity contribution is 7.92. The van der Waals surface area contributed by atoms with Gasteiger partial charge in [0.1, 0.15) is 5.01 Å². The summed E-state index contributed by atoms with van der Waals surface area (Å²) in [7, 11) is -3.70. The van der Waals surface area contributed by atoms with Crippen molar-refractivity contribution in [3.05, 3.63) is 90.0 Å². The van der Waals surface area contributed by atoms with Gasteiger partial charge in [0, 0.05) is 16.8 Å². The van der Waals surface area contributed by atoms with Crippen molar-refractivity contribution >= 4 is 38.1 Å². The lowest BCUT2D eigenvalue weighted by Crippen LogP contribution is -2.14. The fourth-order valence-electron chi connectivity index (χ4n) is 2.76. The molecule has 0 atom stereocenters. The quantitative estimate of drug-likeness (QED) is 0.448. The van der Waals surface area contributed by atoms with E-state index in [4.69, 9.17) is 0 Å². The standard InChI is InChI=1S/C22H18N4O3S2/c1-15-7-13-19(14-8-15)31(28,29)26-18-11-9-16(10-12-18)20(27)23-22-25-24-21(30-22)17-5-3-2-4-6-17/h2-14,26H,1H3,(H,23,25,27). The molecule has 9 heteroatoms. The molecule has 1 amide bonds. The summed E-state index contributed by atoms with van der Waals surface area (Å²) in [6.45, 7) is 1.89. The van der Waals surface area contributed by atoms with Gasteiger partial charge in [0.15, 0.2) is 0 Å². The fraction of sp³-hybridized carbons (Fsp3) is 0.0455. The van der Waals surface area contributed by atoms with Crippen LogP contribution in [0.25, 0.3) is 10.6 Å². The Balaban J connectivity index is 1.43. The molecule has 0 saturated heterocycles. The molecule has 0 bridgehead atoms. The van der Waals surface area contributed by atoms with Crippen molar-refractivity contribution in [1.29, 1.82) is 0 Å². The van der Waals surface area contributed by atoms with Gasteiger partial charge in [-0.2, -0.15) is 0 Å². The van der Waals surface area contributed by atoms with Gasteiger partial charge in [-0.25, -0.2) is 8.42 Å². The van der Waals surface area contributed by atoms with E-state index in [1.165, 1.54) is 23.5 Å². The van der Waals surface area contributed by atoms with Crippen LogP contribution in [0.5, 0.6) is 0 Å². The summed E-state index contributed by atoms with van der Waals surface area (Å²) in [5.74, 6) is -0.358. The number of carbonyl (C=O) groups is 1. The van der Waals surface area contributed by atoms with Gasteiger partial charge in [-0.1, -0.05) is 59.4 Å². The molecule has 4 aromatic rings. The Morgan fingerprint density at radius 2 is 1.55 bits per heavy atom. The molecular formula is C22H18N4O3S2. The Bertz CT molecular complexity index is 1300. The molecular weight excluding hydrogens is 432 g/mol. The van der Waals surface area contributed by atoms with Crippen LogP contribution in [0.4, 0.5) is 10.8 Å². The maximum atomic E-state index is 12.5. The van der Waals surface area contributed by atoms with Crippen molar-refractivity contribution in [1.82, 2.24) is 10.2 Å². The average molecular weight is 451 g/mol. The number of nitrogens with zero attached hydrogens (tertiary/aromatic N) is 2. The number of rotatable bonds is 6. The molecule has 0 fully saturated rings. The van der Waals surface area contributed by atoms with Gasteiger partial charge in [0.2, 0.25) is 5.13 Å². The van der Waals surface area contributed by atoms with Crippen molar-refractivity contribution in [3.63, 3.8) is 0 Å². The molecule has 0 aliphatic carbocycles. The maximum absolute atomic E-state index is 12.5. The predicted octanol–water partition coefficient (Wildman–Crippen LogP) is 4.57. The van der Waals surface area contributed by atoms with E-state index in [0.717, 1.165) is 11.1 Å². The third kappa shape index (κ3) is 4.96. The zero-order valence-corrected chi connectivity index (χ0v) is 18.1. The van der Waals surface area contributed by atoms with Crippen LogP contribution in [-0.2, 0) is 10.0 Å². The summed E-state index contributed by atoms with van der Waals surface area (Å²) in [5.41, 5.74) is 2.63. The minimum atomic E-state index is -3.70. The van der Waals surface area contributed by atoms with E-state index in [0.29, 0.717) is 21.4 Å². The van der Waals surface area contributed by atoms with Gasteiger partial charge in [-0.3, -0.25) is 14.8 Å². The molecule has 0 aliphatic heterocycles. The molecule has 7 nitrogen and oxygen atoms in total. The zero-order valence-electron chi connectivity index (χ0n) is 16.4. The first kappa shape index (κ1) is 20.7. The number of amides is 1. The van der Waals surface area contributed by atoms with Crippen LogP contribution in [-0.4, -0.2) is 24.5 Å². The lowest BCUT2D eigenvalue weighted by atomic mass is 10.2. The summed E-state index contributed by atoms with van der Waals surface area (Å²) >= 11 is 1.27. The normalized spacial score (nSPS) is 11.1. The van der Waals surface area contributed by atoms with Crippen molar-refractivity contribution < 1.29 is 13.2 Å². The van der Waals surface area contributed by atoms with E-state index >= 15 is 0 Å². The third-order valence-electron chi connectivity index (χ3n) is 4.40. The second-order valence-corrected chi connectivity index (χ2v) is 9.39. The van der Waals surface area contributed by atoms with Crippen molar-refractivity contribution in [2.75, 3.05) is 10.0 Å². The van der Waals surface area contributed by atoms with Gasteiger partial charge in [-0.15, -0.1) is 10.2 Å². The van der Waals surface area contributed by atoms with Gasteiger partial charge in [0.25, 0.3) is 15.9 Å². The lowest BCUT2D eigenvalue weighted by molar-refractivity contribution is 0.102. The monoisotopic (exact) mass is 450 g/mol. The third-order valence-corrected chi connectivity index (χ3v) is 6.68. The Morgan fingerprint density at radius 3 is 2.23 bits per heavy atom. The Morgan fingerprint density at radius 1 is 0.871 bits per heavy atom.